The van der Waals surface area contributed by atoms with Crippen molar-refractivity contribution in [1.29, 1.82) is 0 Å². The lowest BCUT2D eigenvalue weighted by molar-refractivity contribution is 0.0948. The summed E-state index contributed by atoms with van der Waals surface area (Å²) in [5.74, 6) is -0.394. The van der Waals surface area contributed by atoms with Gasteiger partial charge < -0.3 is 5.32 Å². The molecule has 1 amide bonds. The number of benzene rings is 1. The van der Waals surface area contributed by atoms with Crippen LogP contribution in [-0.4, -0.2) is 48.7 Å². The molecule has 22 heavy (non-hydrogen) atoms. The van der Waals surface area contributed by atoms with Crippen LogP contribution in [0.3, 0.4) is 0 Å². The van der Waals surface area contributed by atoms with Gasteiger partial charge in [-0.3, -0.25) is 4.79 Å². The fourth-order valence-electron chi connectivity index (χ4n) is 1.76. The number of carbonyl (C=O) groups is 1. The smallest absolute Gasteiger partial charge is 0.273 e. The molecule has 0 saturated carbocycles. The second kappa shape index (κ2) is 6.67. The third kappa shape index (κ3) is 4.37. The Hall–Kier alpha value is -2.26. The van der Waals surface area contributed by atoms with Crippen molar-refractivity contribution >= 4 is 15.9 Å². The zero-order valence-electron chi connectivity index (χ0n) is 12.3. The number of hydrogen-bond donors (Lipinski definition) is 2. The first-order valence-electron chi connectivity index (χ1n) is 6.59. The molecule has 2 rings (SSSR count). The van der Waals surface area contributed by atoms with Crippen LogP contribution >= 0.6 is 0 Å². The van der Waals surface area contributed by atoms with E-state index in [2.05, 4.69) is 20.2 Å². The van der Waals surface area contributed by atoms with Crippen LogP contribution in [0.15, 0.2) is 30.3 Å². The number of carbonyl (C=O) groups excluding carboxylic acids is 1. The van der Waals surface area contributed by atoms with Gasteiger partial charge in [0.05, 0.1) is 17.6 Å². The average Bonchev–Trinajstić information content (AvgIpc) is 2.85. The number of rotatable bonds is 6. The molecule has 0 unspecified atom stereocenters. The molecule has 0 spiro atoms. The maximum absolute atomic E-state index is 12.0. The van der Waals surface area contributed by atoms with Gasteiger partial charge in [-0.05, 0) is 19.1 Å². The third-order valence-electron chi connectivity index (χ3n) is 2.76. The Morgan fingerprint density at radius 3 is 2.50 bits per heavy atom. The summed E-state index contributed by atoms with van der Waals surface area (Å²) in [6.07, 6.45) is 1.06. The van der Waals surface area contributed by atoms with Gasteiger partial charge >= 0.3 is 0 Å². The molecule has 2 N–H and O–H groups in total. The quantitative estimate of drug-likeness (QED) is 0.719. The number of amides is 1. The predicted octanol–water partition coefficient (Wildman–Crippen LogP) is -0.145. The van der Waals surface area contributed by atoms with E-state index in [0.717, 1.165) is 11.9 Å². The van der Waals surface area contributed by atoms with Gasteiger partial charge in [0.2, 0.25) is 10.0 Å². The molecule has 0 aliphatic carbocycles. The first-order valence-corrected chi connectivity index (χ1v) is 8.48. The molecule has 0 aliphatic rings. The zero-order chi connectivity index (χ0) is 16.2. The molecule has 8 nitrogen and oxygen atoms in total. The highest BCUT2D eigenvalue weighted by Gasteiger charge is 2.15. The maximum Gasteiger partial charge on any atom is 0.273 e. The highest BCUT2D eigenvalue weighted by atomic mass is 32.2. The van der Waals surface area contributed by atoms with E-state index in [1.54, 1.807) is 6.92 Å². The zero-order valence-corrected chi connectivity index (χ0v) is 13.1. The molecule has 0 bridgehead atoms. The van der Waals surface area contributed by atoms with Gasteiger partial charge in [-0.1, -0.05) is 18.2 Å². The van der Waals surface area contributed by atoms with Crippen molar-refractivity contribution in [1.82, 2.24) is 25.0 Å². The number of nitrogens with zero attached hydrogens (tertiary/aromatic N) is 3. The highest BCUT2D eigenvalue weighted by molar-refractivity contribution is 7.88. The summed E-state index contributed by atoms with van der Waals surface area (Å²) < 4.78 is 24.1. The SMILES string of the molecule is Cc1nn(-c2ccccc2)nc1C(=O)NCCNS(C)(=O)=O. The van der Waals surface area contributed by atoms with E-state index in [4.69, 9.17) is 0 Å². The largest absolute Gasteiger partial charge is 0.349 e. The van der Waals surface area contributed by atoms with Crippen LogP contribution in [-0.2, 0) is 10.0 Å². The van der Waals surface area contributed by atoms with E-state index in [1.807, 2.05) is 30.3 Å². The highest BCUT2D eigenvalue weighted by Crippen LogP contribution is 2.07. The Kier molecular flexibility index (Phi) is 4.88. The summed E-state index contributed by atoms with van der Waals surface area (Å²) in [5.41, 5.74) is 1.46. The van der Waals surface area contributed by atoms with E-state index in [0.29, 0.717) is 5.69 Å². The molecule has 0 atom stereocenters. The molecular formula is C13H17N5O3S. The van der Waals surface area contributed by atoms with Gasteiger partial charge in [0.1, 0.15) is 0 Å². The molecule has 0 saturated heterocycles. The second-order valence-electron chi connectivity index (χ2n) is 4.68. The first-order chi connectivity index (χ1) is 10.4. The van der Waals surface area contributed by atoms with Gasteiger partial charge in [0, 0.05) is 13.1 Å². The van der Waals surface area contributed by atoms with Gasteiger partial charge in [-0.15, -0.1) is 5.10 Å². The van der Waals surface area contributed by atoms with Crippen molar-refractivity contribution in [2.75, 3.05) is 19.3 Å². The molecular weight excluding hydrogens is 306 g/mol. The van der Waals surface area contributed by atoms with Crippen LogP contribution in [0.4, 0.5) is 0 Å². The number of hydrogen-bond acceptors (Lipinski definition) is 5. The minimum absolute atomic E-state index is 0.121. The van der Waals surface area contributed by atoms with E-state index >= 15 is 0 Å². The lowest BCUT2D eigenvalue weighted by Crippen LogP contribution is -2.34. The van der Waals surface area contributed by atoms with Crippen LogP contribution in [0.25, 0.3) is 5.69 Å². The monoisotopic (exact) mass is 323 g/mol. The number of nitrogens with one attached hydrogen (secondary N) is 2. The number of aromatic nitrogens is 3. The Morgan fingerprint density at radius 1 is 1.18 bits per heavy atom. The van der Waals surface area contributed by atoms with E-state index in [-0.39, 0.29) is 18.8 Å². The summed E-state index contributed by atoms with van der Waals surface area (Å²) in [6, 6.07) is 9.24. The lowest BCUT2D eigenvalue weighted by Gasteiger charge is -2.04. The Morgan fingerprint density at radius 2 is 1.86 bits per heavy atom. The topological polar surface area (TPSA) is 106 Å². The standard InChI is InChI=1S/C13H17N5O3S/c1-10-12(13(19)14-8-9-15-22(2,20)21)17-18(16-10)11-6-4-3-5-7-11/h3-7,15H,8-9H2,1-2H3,(H,14,19). The Bertz CT molecular complexity index is 755. The molecule has 0 radical (unpaired) electrons. The maximum atomic E-state index is 12.0. The molecule has 0 aliphatic heterocycles. The van der Waals surface area contributed by atoms with Crippen molar-refractivity contribution < 1.29 is 13.2 Å². The summed E-state index contributed by atoms with van der Waals surface area (Å²) in [5, 5.41) is 11.0. The normalized spacial score (nSPS) is 11.4. The molecule has 1 heterocycles. The first kappa shape index (κ1) is 16.1. The number of sulfonamides is 1. The van der Waals surface area contributed by atoms with E-state index < -0.39 is 15.9 Å². The molecule has 0 fully saturated rings. The molecule has 1 aromatic carbocycles. The minimum atomic E-state index is -3.26. The molecule has 2 aromatic rings. The van der Waals surface area contributed by atoms with Crippen LogP contribution in [0.1, 0.15) is 16.2 Å². The van der Waals surface area contributed by atoms with E-state index in [9.17, 15) is 13.2 Å². The fourth-order valence-corrected chi connectivity index (χ4v) is 2.23. The van der Waals surface area contributed by atoms with Crippen molar-refractivity contribution in [2.45, 2.75) is 6.92 Å². The minimum Gasteiger partial charge on any atom is -0.349 e. The number of para-hydroxylation sites is 1. The van der Waals surface area contributed by atoms with Gasteiger partial charge in [-0.2, -0.15) is 9.90 Å². The molecule has 118 valence electrons. The summed E-state index contributed by atoms with van der Waals surface area (Å²) >= 11 is 0. The Labute approximate surface area is 128 Å². The molecule has 9 heteroatoms. The van der Waals surface area contributed by atoms with Crippen molar-refractivity contribution in [2.24, 2.45) is 0 Å². The van der Waals surface area contributed by atoms with Gasteiger partial charge in [-0.25, -0.2) is 13.1 Å². The fraction of sp³-hybridized carbons (Fsp3) is 0.308. The summed E-state index contributed by atoms with van der Waals surface area (Å²) in [4.78, 5) is 13.4. The van der Waals surface area contributed by atoms with Crippen LogP contribution in [0.5, 0.6) is 0 Å². The lowest BCUT2D eigenvalue weighted by atomic mass is 10.3. The Balaban J connectivity index is 2.00. The van der Waals surface area contributed by atoms with Crippen LogP contribution < -0.4 is 10.0 Å². The summed E-state index contributed by atoms with van der Waals surface area (Å²) in [6.45, 7) is 1.98. The predicted molar refractivity (Wildman–Crippen MR) is 81.3 cm³/mol. The average molecular weight is 323 g/mol. The van der Waals surface area contributed by atoms with Crippen molar-refractivity contribution in [3.63, 3.8) is 0 Å². The van der Waals surface area contributed by atoms with Crippen molar-refractivity contribution in [3.8, 4) is 5.69 Å². The van der Waals surface area contributed by atoms with Gasteiger partial charge in [0.25, 0.3) is 5.91 Å². The molecule has 1 aromatic heterocycles. The van der Waals surface area contributed by atoms with Crippen LogP contribution in [0.2, 0.25) is 0 Å². The van der Waals surface area contributed by atoms with Gasteiger partial charge in [0.15, 0.2) is 5.69 Å². The van der Waals surface area contributed by atoms with E-state index in [1.165, 1.54) is 4.80 Å². The second-order valence-corrected chi connectivity index (χ2v) is 6.51. The van der Waals surface area contributed by atoms with Crippen LogP contribution in [0, 0.1) is 6.92 Å². The van der Waals surface area contributed by atoms with Crippen molar-refractivity contribution in [3.05, 3.63) is 41.7 Å². The summed E-state index contributed by atoms with van der Waals surface area (Å²) in [7, 11) is -3.26. The third-order valence-corrected chi connectivity index (χ3v) is 3.49. The number of aryl methyl sites for hydroxylation is 1.